The molecule has 0 aromatic rings. The highest BCUT2D eigenvalue weighted by Crippen LogP contribution is 2.21. The molecule has 0 aromatic heterocycles. The molecule has 0 heteroatoms. The summed E-state index contributed by atoms with van der Waals surface area (Å²) in [6.07, 6.45) is 14.6. The molecule has 0 fully saturated rings. The summed E-state index contributed by atoms with van der Waals surface area (Å²) in [4.78, 5) is 0. The van der Waals surface area contributed by atoms with Crippen molar-refractivity contribution in [3.8, 4) is 0 Å². The Morgan fingerprint density at radius 2 is 2.09 bits per heavy atom. The van der Waals surface area contributed by atoms with Gasteiger partial charge in [0.15, 0.2) is 0 Å². The number of hydrogen-bond acceptors (Lipinski definition) is 0. The summed E-state index contributed by atoms with van der Waals surface area (Å²) in [7, 11) is 0. The van der Waals surface area contributed by atoms with Gasteiger partial charge < -0.3 is 0 Å². The topological polar surface area (TPSA) is 0 Å². The molecule has 0 N–H and O–H groups in total. The molecule has 1 aliphatic rings. The third-order valence-electron chi connectivity index (χ3n) is 2.39. The van der Waals surface area contributed by atoms with Crippen molar-refractivity contribution in [2.75, 3.05) is 0 Å². The lowest BCUT2D eigenvalue weighted by molar-refractivity contribution is 0.440. The summed E-state index contributed by atoms with van der Waals surface area (Å²) < 4.78 is 0. The van der Waals surface area contributed by atoms with E-state index in [1.54, 1.807) is 0 Å². The van der Waals surface area contributed by atoms with Crippen LogP contribution in [0.2, 0.25) is 0 Å². The minimum absolute atomic E-state index is 0.914. The zero-order chi connectivity index (χ0) is 7.94. The zero-order valence-corrected chi connectivity index (χ0v) is 7.26. The molecule has 0 saturated carbocycles. The van der Waals surface area contributed by atoms with Gasteiger partial charge in [-0.2, -0.15) is 0 Å². The summed E-state index contributed by atoms with van der Waals surface area (Å²) in [5.74, 6) is 0.914. The molecule has 62 valence electrons. The Hall–Kier alpha value is -0.520. The van der Waals surface area contributed by atoms with Gasteiger partial charge in [-0.05, 0) is 44.4 Å². The first kappa shape index (κ1) is 8.58. The first-order valence-corrected chi connectivity index (χ1v) is 4.69. The molecule has 0 saturated heterocycles. The molecule has 0 bridgehead atoms. The first-order chi connectivity index (χ1) is 5.43. The Bertz CT molecular complexity index is 133. The van der Waals surface area contributed by atoms with Crippen LogP contribution in [0.1, 0.15) is 38.5 Å². The van der Waals surface area contributed by atoms with Gasteiger partial charge in [0.25, 0.3) is 0 Å². The number of allylic oxidation sites excluding steroid dienone is 3. The van der Waals surface area contributed by atoms with Crippen molar-refractivity contribution in [3.05, 3.63) is 24.8 Å². The van der Waals surface area contributed by atoms with E-state index < -0.39 is 0 Å². The fourth-order valence-electron chi connectivity index (χ4n) is 1.71. The molecular weight excluding hydrogens is 132 g/mol. The van der Waals surface area contributed by atoms with E-state index in [1.807, 2.05) is 0 Å². The van der Waals surface area contributed by atoms with E-state index in [2.05, 4.69) is 24.8 Å². The van der Waals surface area contributed by atoms with E-state index >= 15 is 0 Å². The van der Waals surface area contributed by atoms with E-state index in [4.69, 9.17) is 0 Å². The Balaban J connectivity index is 2.29. The standard InChI is InChI=1S/C11H18/c1-2-8-11-9-6-4-3-5-7-10-11/h2-4,11H,1,5-10H2/b4-3-. The summed E-state index contributed by atoms with van der Waals surface area (Å²) in [6.45, 7) is 3.79. The third-order valence-corrected chi connectivity index (χ3v) is 2.39. The monoisotopic (exact) mass is 150 g/mol. The van der Waals surface area contributed by atoms with Gasteiger partial charge in [-0.3, -0.25) is 0 Å². The predicted octanol–water partition coefficient (Wildman–Crippen LogP) is 3.70. The van der Waals surface area contributed by atoms with Crippen LogP contribution in [0.3, 0.4) is 0 Å². The molecule has 11 heavy (non-hydrogen) atoms. The highest BCUT2D eigenvalue weighted by Gasteiger charge is 2.06. The Morgan fingerprint density at radius 3 is 2.91 bits per heavy atom. The molecule has 1 unspecified atom stereocenters. The molecule has 1 rings (SSSR count). The van der Waals surface area contributed by atoms with Crippen LogP contribution in [-0.2, 0) is 0 Å². The van der Waals surface area contributed by atoms with E-state index in [-0.39, 0.29) is 0 Å². The van der Waals surface area contributed by atoms with Gasteiger partial charge >= 0.3 is 0 Å². The van der Waals surface area contributed by atoms with E-state index in [0.717, 1.165) is 5.92 Å². The molecule has 0 amide bonds. The fraction of sp³-hybridized carbons (Fsp3) is 0.636. The zero-order valence-electron chi connectivity index (χ0n) is 7.26. The molecular formula is C11H18. The molecule has 0 aliphatic heterocycles. The summed E-state index contributed by atoms with van der Waals surface area (Å²) in [5.41, 5.74) is 0. The smallest absolute Gasteiger partial charge is 0.0325 e. The maximum absolute atomic E-state index is 3.79. The summed E-state index contributed by atoms with van der Waals surface area (Å²) in [5, 5.41) is 0. The van der Waals surface area contributed by atoms with E-state index in [1.165, 1.54) is 38.5 Å². The van der Waals surface area contributed by atoms with Crippen LogP contribution in [0.5, 0.6) is 0 Å². The van der Waals surface area contributed by atoms with Gasteiger partial charge in [0.2, 0.25) is 0 Å². The Labute approximate surface area is 70.0 Å². The van der Waals surface area contributed by atoms with E-state index in [0.29, 0.717) is 0 Å². The fourth-order valence-corrected chi connectivity index (χ4v) is 1.71. The van der Waals surface area contributed by atoms with Crippen molar-refractivity contribution >= 4 is 0 Å². The molecule has 0 heterocycles. The lowest BCUT2D eigenvalue weighted by Gasteiger charge is -2.14. The van der Waals surface area contributed by atoms with Crippen molar-refractivity contribution in [3.63, 3.8) is 0 Å². The van der Waals surface area contributed by atoms with Crippen molar-refractivity contribution in [1.82, 2.24) is 0 Å². The van der Waals surface area contributed by atoms with Crippen molar-refractivity contribution in [1.29, 1.82) is 0 Å². The van der Waals surface area contributed by atoms with Gasteiger partial charge in [0.05, 0.1) is 0 Å². The SMILES string of the molecule is C=CCC1CC/C=C\CCC1. The quantitative estimate of drug-likeness (QED) is 0.526. The van der Waals surface area contributed by atoms with Crippen LogP contribution in [-0.4, -0.2) is 0 Å². The maximum Gasteiger partial charge on any atom is -0.0325 e. The molecule has 0 radical (unpaired) electrons. The van der Waals surface area contributed by atoms with Crippen LogP contribution in [0.4, 0.5) is 0 Å². The molecule has 0 spiro atoms. The van der Waals surface area contributed by atoms with Crippen molar-refractivity contribution in [2.24, 2.45) is 5.92 Å². The second-order valence-electron chi connectivity index (χ2n) is 3.37. The lowest BCUT2D eigenvalue weighted by atomic mass is 9.91. The second kappa shape index (κ2) is 5.17. The van der Waals surface area contributed by atoms with Gasteiger partial charge in [-0.15, -0.1) is 6.58 Å². The van der Waals surface area contributed by atoms with Crippen LogP contribution < -0.4 is 0 Å². The van der Waals surface area contributed by atoms with Gasteiger partial charge in [-0.25, -0.2) is 0 Å². The highest BCUT2D eigenvalue weighted by atomic mass is 14.1. The van der Waals surface area contributed by atoms with Crippen LogP contribution in [0, 0.1) is 5.92 Å². The minimum Gasteiger partial charge on any atom is -0.103 e. The van der Waals surface area contributed by atoms with Gasteiger partial charge in [0, 0.05) is 0 Å². The minimum atomic E-state index is 0.914. The lowest BCUT2D eigenvalue weighted by Crippen LogP contribution is -1.99. The highest BCUT2D eigenvalue weighted by molar-refractivity contribution is 4.86. The number of rotatable bonds is 2. The molecule has 1 atom stereocenters. The second-order valence-corrected chi connectivity index (χ2v) is 3.37. The largest absolute Gasteiger partial charge is 0.103 e. The molecule has 0 aromatic carbocycles. The van der Waals surface area contributed by atoms with Crippen LogP contribution in [0.15, 0.2) is 24.8 Å². The summed E-state index contributed by atoms with van der Waals surface area (Å²) >= 11 is 0. The Morgan fingerprint density at radius 1 is 1.27 bits per heavy atom. The van der Waals surface area contributed by atoms with Crippen molar-refractivity contribution in [2.45, 2.75) is 38.5 Å². The maximum atomic E-state index is 3.79. The first-order valence-electron chi connectivity index (χ1n) is 4.69. The predicted molar refractivity (Wildman–Crippen MR) is 50.5 cm³/mol. The normalized spacial score (nSPS) is 28.5. The van der Waals surface area contributed by atoms with Gasteiger partial charge in [0.1, 0.15) is 0 Å². The average molecular weight is 150 g/mol. The van der Waals surface area contributed by atoms with Gasteiger partial charge in [-0.1, -0.05) is 18.2 Å². The van der Waals surface area contributed by atoms with Crippen molar-refractivity contribution < 1.29 is 0 Å². The molecule has 0 nitrogen and oxygen atoms in total. The third kappa shape index (κ3) is 3.41. The molecule has 1 aliphatic carbocycles. The number of hydrogen-bond donors (Lipinski definition) is 0. The van der Waals surface area contributed by atoms with E-state index in [9.17, 15) is 0 Å². The van der Waals surface area contributed by atoms with Crippen LogP contribution >= 0.6 is 0 Å². The van der Waals surface area contributed by atoms with Crippen LogP contribution in [0.25, 0.3) is 0 Å². The summed E-state index contributed by atoms with van der Waals surface area (Å²) in [6, 6.07) is 0. The Kier molecular flexibility index (Phi) is 4.03. The average Bonchev–Trinajstić information content (AvgIpc) is 1.94.